The number of rotatable bonds is 1. The van der Waals surface area contributed by atoms with Crippen LogP contribution in [-0.4, -0.2) is 17.8 Å². The maximum absolute atomic E-state index is 11.9. The summed E-state index contributed by atoms with van der Waals surface area (Å²) < 4.78 is 0. The van der Waals surface area contributed by atoms with Crippen molar-refractivity contribution >= 4 is 40.5 Å². The highest BCUT2D eigenvalue weighted by atomic mass is 35.5. The third-order valence-electron chi connectivity index (χ3n) is 3.16. The first-order valence-corrected chi connectivity index (χ1v) is 7.01. The number of carbonyl (C=O) groups is 1. The quantitative estimate of drug-likeness (QED) is 0.848. The van der Waals surface area contributed by atoms with E-state index in [1.54, 1.807) is 24.3 Å². The highest BCUT2D eigenvalue weighted by Crippen LogP contribution is 2.28. The van der Waals surface area contributed by atoms with Gasteiger partial charge in [-0.3, -0.25) is 9.79 Å². The van der Waals surface area contributed by atoms with E-state index in [1.807, 2.05) is 18.2 Å². The molecular weight excluding hydrogens is 309 g/mol. The predicted molar refractivity (Wildman–Crippen MR) is 85.1 cm³/mol. The molecule has 4 nitrogen and oxygen atoms in total. The fraction of sp³-hybridized carbons (Fsp3) is 0.0667. The molecule has 0 radical (unpaired) electrons. The Labute approximate surface area is 131 Å². The zero-order valence-corrected chi connectivity index (χ0v) is 12.3. The highest BCUT2D eigenvalue weighted by molar-refractivity contribution is 6.37. The minimum absolute atomic E-state index is 0.365. The number of hydrogen-bond acceptors (Lipinski definition) is 3. The van der Waals surface area contributed by atoms with Crippen LogP contribution in [-0.2, 0) is 4.79 Å². The number of carbonyl (C=O) groups excluding carboxylic acids is 1. The zero-order valence-electron chi connectivity index (χ0n) is 10.8. The SMILES string of the molecule is N[C@H]1N=C(c2cc(Cl)ccc2Cl)c2ccccc2NC1=O. The molecular formula is C15H11Cl2N3O. The molecule has 2 aromatic carbocycles. The minimum Gasteiger partial charge on any atom is -0.322 e. The Bertz CT molecular complexity index is 758. The third-order valence-corrected chi connectivity index (χ3v) is 3.73. The van der Waals surface area contributed by atoms with Crippen molar-refractivity contribution < 1.29 is 4.79 Å². The number of fused-ring (bicyclic) bond motifs is 1. The normalized spacial score (nSPS) is 17.6. The highest BCUT2D eigenvalue weighted by Gasteiger charge is 2.23. The van der Waals surface area contributed by atoms with Gasteiger partial charge in [0.1, 0.15) is 0 Å². The number of hydrogen-bond donors (Lipinski definition) is 2. The molecule has 1 amide bonds. The van der Waals surface area contributed by atoms with E-state index in [9.17, 15) is 4.79 Å². The molecule has 1 heterocycles. The van der Waals surface area contributed by atoms with Crippen molar-refractivity contribution in [3.8, 4) is 0 Å². The Balaban J connectivity index is 2.26. The summed E-state index contributed by atoms with van der Waals surface area (Å²) in [5.41, 5.74) is 8.38. The number of nitrogens with zero attached hydrogens (tertiary/aromatic N) is 1. The van der Waals surface area contributed by atoms with Crippen LogP contribution in [0.4, 0.5) is 5.69 Å². The van der Waals surface area contributed by atoms with Gasteiger partial charge in [0.15, 0.2) is 6.17 Å². The number of aliphatic imine (C=N–C) groups is 1. The van der Waals surface area contributed by atoms with Crippen LogP contribution in [0.25, 0.3) is 0 Å². The second-order valence-electron chi connectivity index (χ2n) is 4.58. The van der Waals surface area contributed by atoms with Crippen molar-refractivity contribution in [2.24, 2.45) is 10.7 Å². The van der Waals surface area contributed by atoms with E-state index in [4.69, 9.17) is 28.9 Å². The molecule has 0 fully saturated rings. The molecule has 0 spiro atoms. The second-order valence-corrected chi connectivity index (χ2v) is 5.43. The van der Waals surface area contributed by atoms with Crippen LogP contribution in [0.15, 0.2) is 47.5 Å². The summed E-state index contributed by atoms with van der Waals surface area (Å²) in [5.74, 6) is -0.365. The van der Waals surface area contributed by atoms with Gasteiger partial charge in [0.2, 0.25) is 0 Å². The van der Waals surface area contributed by atoms with Crippen LogP contribution in [0.3, 0.4) is 0 Å². The van der Waals surface area contributed by atoms with Crippen molar-refractivity contribution in [2.45, 2.75) is 6.17 Å². The van der Waals surface area contributed by atoms with E-state index >= 15 is 0 Å². The van der Waals surface area contributed by atoms with E-state index in [1.165, 1.54) is 0 Å². The van der Waals surface area contributed by atoms with Crippen LogP contribution in [0.5, 0.6) is 0 Å². The molecule has 6 heteroatoms. The lowest BCUT2D eigenvalue weighted by Crippen LogP contribution is -2.33. The van der Waals surface area contributed by atoms with Crippen LogP contribution in [0, 0.1) is 0 Å². The maximum Gasteiger partial charge on any atom is 0.263 e. The van der Waals surface area contributed by atoms with E-state index in [0.717, 1.165) is 5.56 Å². The average Bonchev–Trinajstić information content (AvgIpc) is 2.59. The molecule has 3 N–H and O–H groups in total. The lowest BCUT2D eigenvalue weighted by Gasteiger charge is -2.11. The summed E-state index contributed by atoms with van der Waals surface area (Å²) >= 11 is 12.3. The van der Waals surface area contributed by atoms with Gasteiger partial charge in [-0.15, -0.1) is 0 Å². The number of nitrogens with one attached hydrogen (secondary N) is 1. The average molecular weight is 320 g/mol. The lowest BCUT2D eigenvalue weighted by molar-refractivity contribution is -0.117. The molecule has 0 aromatic heterocycles. The van der Waals surface area contributed by atoms with Crippen LogP contribution < -0.4 is 11.1 Å². The minimum atomic E-state index is -0.998. The predicted octanol–water partition coefficient (Wildman–Crippen LogP) is 3.07. The van der Waals surface area contributed by atoms with Crippen LogP contribution in [0.2, 0.25) is 10.0 Å². The first-order valence-electron chi connectivity index (χ1n) is 6.25. The Hall–Kier alpha value is -1.88. The van der Waals surface area contributed by atoms with Crippen molar-refractivity contribution in [1.29, 1.82) is 0 Å². The van der Waals surface area contributed by atoms with Gasteiger partial charge in [0.25, 0.3) is 5.91 Å². The Kier molecular flexibility index (Phi) is 3.68. The van der Waals surface area contributed by atoms with Crippen molar-refractivity contribution in [3.05, 3.63) is 63.6 Å². The zero-order chi connectivity index (χ0) is 15.0. The molecule has 3 rings (SSSR count). The first kappa shape index (κ1) is 14.1. The molecule has 0 saturated heterocycles. The second kappa shape index (κ2) is 5.48. The smallest absolute Gasteiger partial charge is 0.263 e. The summed E-state index contributed by atoms with van der Waals surface area (Å²) in [6, 6.07) is 12.4. The number of amides is 1. The third kappa shape index (κ3) is 2.65. The number of halogens is 2. The maximum atomic E-state index is 11.9. The molecule has 1 atom stereocenters. The topological polar surface area (TPSA) is 67.5 Å². The van der Waals surface area contributed by atoms with Gasteiger partial charge in [-0.25, -0.2) is 0 Å². The van der Waals surface area contributed by atoms with Crippen molar-refractivity contribution in [1.82, 2.24) is 0 Å². The number of benzene rings is 2. The molecule has 1 aliphatic heterocycles. The van der Waals surface area contributed by atoms with E-state index in [-0.39, 0.29) is 5.91 Å². The Morgan fingerprint density at radius 2 is 1.86 bits per heavy atom. The molecule has 106 valence electrons. The molecule has 0 bridgehead atoms. The number of benzodiazepines with no additional fused rings is 1. The molecule has 0 saturated carbocycles. The largest absolute Gasteiger partial charge is 0.322 e. The van der Waals surface area contributed by atoms with Crippen molar-refractivity contribution in [3.63, 3.8) is 0 Å². The van der Waals surface area contributed by atoms with Crippen LogP contribution in [0.1, 0.15) is 11.1 Å². The van der Waals surface area contributed by atoms with Gasteiger partial charge in [0, 0.05) is 16.1 Å². The van der Waals surface area contributed by atoms with Gasteiger partial charge in [-0.1, -0.05) is 41.4 Å². The van der Waals surface area contributed by atoms with E-state index in [2.05, 4.69) is 10.3 Å². The van der Waals surface area contributed by atoms with Gasteiger partial charge in [0.05, 0.1) is 16.4 Å². The first-order chi connectivity index (χ1) is 10.1. The van der Waals surface area contributed by atoms with E-state index in [0.29, 0.717) is 27.0 Å². The summed E-state index contributed by atoms with van der Waals surface area (Å²) in [6.45, 7) is 0. The molecule has 0 aliphatic carbocycles. The van der Waals surface area contributed by atoms with Gasteiger partial charge in [-0.2, -0.15) is 0 Å². The van der Waals surface area contributed by atoms with E-state index < -0.39 is 6.17 Å². The summed E-state index contributed by atoms with van der Waals surface area (Å²) in [4.78, 5) is 16.2. The van der Waals surface area contributed by atoms with Gasteiger partial charge < -0.3 is 11.1 Å². The molecule has 1 aliphatic rings. The standard InChI is InChI=1S/C15H11Cl2N3O/c16-8-5-6-11(17)10(7-8)13-9-3-1-2-4-12(9)19-15(21)14(18)20-13/h1-7,14H,18H2,(H,19,21)/t14-/m0/s1. The molecule has 21 heavy (non-hydrogen) atoms. The van der Waals surface area contributed by atoms with Crippen LogP contribution >= 0.6 is 23.2 Å². The molecule has 0 unspecified atom stereocenters. The summed E-state index contributed by atoms with van der Waals surface area (Å²) in [6.07, 6.45) is -0.998. The summed E-state index contributed by atoms with van der Waals surface area (Å²) in [5, 5.41) is 3.78. The fourth-order valence-electron chi connectivity index (χ4n) is 2.17. The summed E-state index contributed by atoms with van der Waals surface area (Å²) in [7, 11) is 0. The van der Waals surface area contributed by atoms with Gasteiger partial charge >= 0.3 is 0 Å². The monoisotopic (exact) mass is 319 g/mol. The Morgan fingerprint density at radius 3 is 2.67 bits per heavy atom. The fourth-order valence-corrected chi connectivity index (χ4v) is 2.55. The number of para-hydroxylation sites is 1. The number of nitrogens with two attached hydrogens (primary N) is 1. The Morgan fingerprint density at radius 1 is 1.10 bits per heavy atom. The van der Waals surface area contributed by atoms with Crippen molar-refractivity contribution in [2.75, 3.05) is 5.32 Å². The van der Waals surface area contributed by atoms with Gasteiger partial charge in [-0.05, 0) is 24.3 Å². The lowest BCUT2D eigenvalue weighted by atomic mass is 10.0. The number of anilines is 1. The molecule has 2 aromatic rings.